The Kier molecular flexibility index (Phi) is 5.92. The Bertz CT molecular complexity index is 447. The van der Waals surface area contributed by atoms with Gasteiger partial charge in [-0.25, -0.2) is 4.98 Å². The molecule has 5 nitrogen and oxygen atoms in total. The first kappa shape index (κ1) is 15.9. The van der Waals surface area contributed by atoms with Crippen LogP contribution in [0.15, 0.2) is 6.20 Å². The lowest BCUT2D eigenvalue weighted by molar-refractivity contribution is -0.378. The third-order valence-corrected chi connectivity index (χ3v) is 4.46. The van der Waals surface area contributed by atoms with Gasteiger partial charge in [-0.1, -0.05) is 0 Å². The summed E-state index contributed by atoms with van der Waals surface area (Å²) in [5.41, 5.74) is 0. The summed E-state index contributed by atoms with van der Waals surface area (Å²) in [5.74, 6) is 0.0795. The van der Waals surface area contributed by atoms with Gasteiger partial charge < -0.3 is 14.2 Å². The van der Waals surface area contributed by atoms with Crippen LogP contribution in [-0.4, -0.2) is 36.3 Å². The lowest BCUT2D eigenvalue weighted by Gasteiger charge is -2.35. The van der Waals surface area contributed by atoms with E-state index in [1.54, 1.807) is 24.6 Å². The van der Waals surface area contributed by atoms with Gasteiger partial charge in [0.1, 0.15) is 10.8 Å². The van der Waals surface area contributed by atoms with Gasteiger partial charge >= 0.3 is 0 Å². The average Bonchev–Trinajstić information content (AvgIpc) is 2.84. The molecule has 2 rings (SSSR count). The number of alkyl halides is 1. The number of carbonyl (C=O) groups is 1. The number of methoxy groups -OCH3 is 1. The molecule has 1 atom stereocenters. The number of hydrogen-bond donors (Lipinski definition) is 0. The predicted octanol–water partition coefficient (Wildman–Crippen LogP) is 2.68. The van der Waals surface area contributed by atoms with Crippen molar-refractivity contribution in [3.05, 3.63) is 16.1 Å². The van der Waals surface area contributed by atoms with Crippen molar-refractivity contribution in [3.63, 3.8) is 0 Å². The summed E-state index contributed by atoms with van der Waals surface area (Å²) in [6, 6.07) is 0. The number of ether oxygens (including phenoxy) is 3. The smallest absolute Gasteiger partial charge is 0.164 e. The van der Waals surface area contributed by atoms with Crippen LogP contribution in [0.2, 0.25) is 0 Å². The van der Waals surface area contributed by atoms with E-state index in [1.807, 2.05) is 6.92 Å². The van der Waals surface area contributed by atoms with E-state index in [0.717, 1.165) is 9.88 Å². The normalized spacial score (nSPS) is 23.4. The van der Waals surface area contributed by atoms with E-state index < -0.39 is 0 Å². The summed E-state index contributed by atoms with van der Waals surface area (Å²) in [6.07, 6.45) is 2.42. The van der Waals surface area contributed by atoms with Crippen LogP contribution in [0, 0.1) is 0 Å². The molecule has 0 spiro atoms. The SMILES string of the molecule is COCc1ncc(C(CC(=O)CCl)CC2OC(C)O2)s1. The molecule has 1 aliphatic rings. The van der Waals surface area contributed by atoms with Crippen molar-refractivity contribution in [2.45, 2.75) is 44.9 Å². The number of aromatic nitrogens is 1. The topological polar surface area (TPSA) is 57.7 Å². The summed E-state index contributed by atoms with van der Waals surface area (Å²) >= 11 is 7.15. The summed E-state index contributed by atoms with van der Waals surface area (Å²) in [6.45, 7) is 2.33. The second kappa shape index (κ2) is 7.47. The molecule has 1 aromatic rings. The van der Waals surface area contributed by atoms with Gasteiger partial charge in [0.15, 0.2) is 12.6 Å². The molecular formula is C13H18ClNO4S. The van der Waals surface area contributed by atoms with Crippen LogP contribution in [0.3, 0.4) is 0 Å². The third kappa shape index (κ3) is 4.23. The van der Waals surface area contributed by atoms with Gasteiger partial charge in [0.25, 0.3) is 0 Å². The first-order valence-electron chi connectivity index (χ1n) is 6.44. The van der Waals surface area contributed by atoms with Gasteiger partial charge in [-0.15, -0.1) is 22.9 Å². The van der Waals surface area contributed by atoms with E-state index >= 15 is 0 Å². The first-order valence-corrected chi connectivity index (χ1v) is 7.79. The van der Waals surface area contributed by atoms with Crippen LogP contribution >= 0.6 is 22.9 Å². The van der Waals surface area contributed by atoms with Crippen LogP contribution in [-0.2, 0) is 25.6 Å². The zero-order chi connectivity index (χ0) is 14.5. The molecule has 0 aromatic carbocycles. The minimum atomic E-state index is -0.244. The van der Waals surface area contributed by atoms with Crippen LogP contribution in [0.1, 0.15) is 35.6 Å². The lowest BCUT2D eigenvalue weighted by Crippen LogP contribution is -2.39. The zero-order valence-corrected chi connectivity index (χ0v) is 13.1. The lowest BCUT2D eigenvalue weighted by atomic mass is 9.97. The number of thiazole rings is 1. The quantitative estimate of drug-likeness (QED) is 0.689. The predicted molar refractivity (Wildman–Crippen MR) is 75.9 cm³/mol. The van der Waals surface area contributed by atoms with Gasteiger partial charge in [-0.2, -0.15) is 0 Å². The van der Waals surface area contributed by atoms with Crippen molar-refractivity contribution < 1.29 is 19.0 Å². The summed E-state index contributed by atoms with van der Waals surface area (Å²) < 4.78 is 16.0. The zero-order valence-electron chi connectivity index (χ0n) is 11.5. The number of Topliss-reactive ketones (excluding diaryl/α,β-unsaturated/α-hetero) is 1. The maximum absolute atomic E-state index is 11.6. The van der Waals surface area contributed by atoms with Crippen LogP contribution in [0.25, 0.3) is 0 Å². The molecule has 0 saturated carbocycles. The monoisotopic (exact) mass is 319 g/mol. The number of nitrogens with zero attached hydrogens (tertiary/aromatic N) is 1. The molecule has 0 N–H and O–H groups in total. The van der Waals surface area contributed by atoms with Gasteiger partial charge in [0, 0.05) is 36.9 Å². The maximum atomic E-state index is 11.6. The van der Waals surface area contributed by atoms with Gasteiger partial charge in [-0.05, 0) is 6.92 Å². The Labute approximate surface area is 127 Å². The molecule has 1 aliphatic heterocycles. The standard InChI is InChI=1S/C13H18ClNO4S/c1-8-18-13(19-8)4-9(3-10(16)5-14)11-6-15-12(20-11)7-17-2/h6,8-9,13H,3-5,7H2,1-2H3. The molecule has 1 aromatic heterocycles. The number of ketones is 1. The number of halogens is 1. The molecular weight excluding hydrogens is 302 g/mol. The second-order valence-electron chi connectivity index (χ2n) is 4.67. The van der Waals surface area contributed by atoms with E-state index in [0.29, 0.717) is 19.4 Å². The van der Waals surface area contributed by atoms with Crippen LogP contribution in [0.5, 0.6) is 0 Å². The van der Waals surface area contributed by atoms with Crippen molar-refractivity contribution >= 4 is 28.7 Å². The van der Waals surface area contributed by atoms with Crippen molar-refractivity contribution in [3.8, 4) is 0 Å². The number of carbonyl (C=O) groups excluding carboxylic acids is 1. The minimum absolute atomic E-state index is 0.0192. The van der Waals surface area contributed by atoms with Crippen LogP contribution in [0.4, 0.5) is 0 Å². The number of rotatable bonds is 8. The highest BCUT2D eigenvalue weighted by atomic mass is 35.5. The summed E-state index contributed by atoms with van der Waals surface area (Å²) in [7, 11) is 1.63. The molecule has 112 valence electrons. The van der Waals surface area contributed by atoms with Crippen LogP contribution < -0.4 is 0 Å². The maximum Gasteiger partial charge on any atom is 0.164 e. The Morgan fingerprint density at radius 2 is 2.35 bits per heavy atom. The molecule has 0 aliphatic carbocycles. The fourth-order valence-corrected chi connectivity index (χ4v) is 3.23. The van der Waals surface area contributed by atoms with E-state index in [2.05, 4.69) is 4.98 Å². The first-order chi connectivity index (χ1) is 9.62. The van der Waals surface area contributed by atoms with E-state index in [-0.39, 0.29) is 30.2 Å². The van der Waals surface area contributed by atoms with Crippen molar-refractivity contribution in [1.29, 1.82) is 0 Å². The molecule has 20 heavy (non-hydrogen) atoms. The third-order valence-electron chi connectivity index (χ3n) is 3.03. The fourth-order valence-electron chi connectivity index (χ4n) is 2.11. The summed E-state index contributed by atoms with van der Waals surface area (Å²) in [5, 5.41) is 0.898. The van der Waals surface area contributed by atoms with Crippen molar-refractivity contribution in [1.82, 2.24) is 4.98 Å². The molecule has 0 radical (unpaired) electrons. The number of hydrogen-bond acceptors (Lipinski definition) is 6. The van der Waals surface area contributed by atoms with E-state index in [1.165, 1.54) is 0 Å². The highest BCUT2D eigenvalue weighted by Gasteiger charge is 2.31. The molecule has 1 fully saturated rings. The van der Waals surface area contributed by atoms with E-state index in [9.17, 15) is 4.79 Å². The van der Waals surface area contributed by atoms with Gasteiger partial charge in [-0.3, -0.25) is 4.79 Å². The van der Waals surface area contributed by atoms with Gasteiger partial charge in [0.05, 0.1) is 12.5 Å². The molecule has 1 saturated heterocycles. The molecule has 2 heterocycles. The van der Waals surface area contributed by atoms with E-state index in [4.69, 9.17) is 25.8 Å². The summed E-state index contributed by atoms with van der Waals surface area (Å²) in [4.78, 5) is 17.0. The Morgan fingerprint density at radius 3 is 2.95 bits per heavy atom. The van der Waals surface area contributed by atoms with Crippen molar-refractivity contribution in [2.24, 2.45) is 0 Å². The molecule has 1 unspecified atom stereocenters. The van der Waals surface area contributed by atoms with Gasteiger partial charge in [0.2, 0.25) is 0 Å². The second-order valence-corrected chi connectivity index (χ2v) is 6.08. The molecule has 0 bridgehead atoms. The van der Waals surface area contributed by atoms with Crippen molar-refractivity contribution in [2.75, 3.05) is 13.0 Å². The molecule has 7 heteroatoms. The fraction of sp³-hybridized carbons (Fsp3) is 0.692. The minimum Gasteiger partial charge on any atom is -0.378 e. The highest BCUT2D eigenvalue weighted by Crippen LogP contribution is 2.34. The Morgan fingerprint density at radius 1 is 1.60 bits per heavy atom. The largest absolute Gasteiger partial charge is 0.378 e. The highest BCUT2D eigenvalue weighted by molar-refractivity contribution is 7.11. The Balaban J connectivity index is 2.01. The Hall–Kier alpha value is -0.530. The average molecular weight is 320 g/mol. The molecule has 0 amide bonds.